The summed E-state index contributed by atoms with van der Waals surface area (Å²) in [4.78, 5) is 0. The lowest BCUT2D eigenvalue weighted by molar-refractivity contribution is -0.245. The minimum atomic E-state index is -0.0237. The minimum Gasteiger partial charge on any atom is -0.351 e. The Morgan fingerprint density at radius 2 is 2.00 bits per heavy atom. The van der Waals surface area contributed by atoms with E-state index in [0.717, 1.165) is 19.4 Å². The molecule has 1 aliphatic carbocycles. The van der Waals surface area contributed by atoms with E-state index < -0.39 is 0 Å². The highest BCUT2D eigenvalue weighted by atomic mass is 16.7. The van der Waals surface area contributed by atoms with E-state index in [0.29, 0.717) is 5.92 Å². The first kappa shape index (κ1) is 11.9. The van der Waals surface area contributed by atoms with Crippen LogP contribution in [0.15, 0.2) is 24.3 Å². The fourth-order valence-electron chi connectivity index (χ4n) is 2.33. The Morgan fingerprint density at radius 1 is 1.31 bits per heavy atom. The smallest absolute Gasteiger partial charge is 0.158 e. The molecule has 0 bridgehead atoms. The van der Waals surface area contributed by atoms with Gasteiger partial charge in [0.25, 0.3) is 0 Å². The van der Waals surface area contributed by atoms with Gasteiger partial charge < -0.3 is 9.47 Å². The third-order valence-corrected chi connectivity index (χ3v) is 3.42. The van der Waals surface area contributed by atoms with Crippen molar-refractivity contribution < 1.29 is 9.47 Å². The molecule has 0 aromatic rings. The first-order valence-corrected chi connectivity index (χ1v) is 6.25. The summed E-state index contributed by atoms with van der Waals surface area (Å²) in [7, 11) is 0. The summed E-state index contributed by atoms with van der Waals surface area (Å²) in [6.07, 6.45) is 11.1. The van der Waals surface area contributed by atoms with Crippen LogP contribution in [0.3, 0.4) is 0 Å². The second-order valence-corrected chi connectivity index (χ2v) is 5.30. The lowest BCUT2D eigenvalue weighted by atomic mass is 9.79. The van der Waals surface area contributed by atoms with Crippen molar-refractivity contribution in [2.24, 2.45) is 11.3 Å². The molecular formula is C14H22O2. The molecule has 1 fully saturated rings. The topological polar surface area (TPSA) is 18.5 Å². The fourth-order valence-corrected chi connectivity index (χ4v) is 2.33. The summed E-state index contributed by atoms with van der Waals surface area (Å²) in [5.41, 5.74) is -0.0221. The molecule has 2 aliphatic rings. The maximum Gasteiger partial charge on any atom is 0.158 e. The molecule has 1 aliphatic heterocycles. The summed E-state index contributed by atoms with van der Waals surface area (Å²) < 4.78 is 11.8. The van der Waals surface area contributed by atoms with E-state index in [1.165, 1.54) is 0 Å². The van der Waals surface area contributed by atoms with Crippen LogP contribution in [0.1, 0.15) is 33.6 Å². The first-order chi connectivity index (χ1) is 7.62. The Labute approximate surface area is 98.3 Å². The van der Waals surface area contributed by atoms with Crippen molar-refractivity contribution in [2.75, 3.05) is 6.61 Å². The zero-order chi connectivity index (χ0) is 11.6. The van der Waals surface area contributed by atoms with Gasteiger partial charge >= 0.3 is 0 Å². The molecule has 1 spiro atoms. The van der Waals surface area contributed by atoms with Crippen molar-refractivity contribution in [2.45, 2.75) is 46.0 Å². The van der Waals surface area contributed by atoms with Crippen LogP contribution in [0.4, 0.5) is 0 Å². The summed E-state index contributed by atoms with van der Waals surface area (Å²) in [5, 5.41) is 0. The molecule has 2 atom stereocenters. The second kappa shape index (κ2) is 4.72. The van der Waals surface area contributed by atoms with Gasteiger partial charge in [-0.25, -0.2) is 0 Å². The van der Waals surface area contributed by atoms with E-state index in [9.17, 15) is 0 Å². The maximum atomic E-state index is 5.97. The van der Waals surface area contributed by atoms with E-state index >= 15 is 0 Å². The van der Waals surface area contributed by atoms with Crippen molar-refractivity contribution in [3.05, 3.63) is 24.3 Å². The average molecular weight is 222 g/mol. The molecule has 1 heterocycles. The van der Waals surface area contributed by atoms with E-state index in [4.69, 9.17) is 9.47 Å². The highest BCUT2D eigenvalue weighted by Crippen LogP contribution is 2.37. The first-order valence-electron chi connectivity index (χ1n) is 6.25. The summed E-state index contributed by atoms with van der Waals surface area (Å²) in [5.74, 6) is 0.615. The van der Waals surface area contributed by atoms with Crippen LogP contribution >= 0.6 is 0 Å². The Hall–Kier alpha value is -0.600. The normalized spacial score (nSPS) is 32.5. The molecule has 2 nitrogen and oxygen atoms in total. The minimum absolute atomic E-state index is 0.0221. The molecule has 16 heavy (non-hydrogen) atoms. The SMILES string of the molecule is CC(C)C[C@H]1OCC2(C=CCC=C2)[C@@H](C)O1. The van der Waals surface area contributed by atoms with Gasteiger partial charge in [-0.05, 0) is 19.3 Å². The molecule has 2 heteroatoms. The third kappa shape index (κ3) is 2.38. The number of hydrogen-bond donors (Lipinski definition) is 0. The Morgan fingerprint density at radius 3 is 2.56 bits per heavy atom. The zero-order valence-electron chi connectivity index (χ0n) is 10.5. The third-order valence-electron chi connectivity index (χ3n) is 3.42. The highest BCUT2D eigenvalue weighted by molar-refractivity contribution is 5.20. The lowest BCUT2D eigenvalue weighted by Crippen LogP contribution is -2.46. The van der Waals surface area contributed by atoms with Gasteiger partial charge in [0, 0.05) is 6.42 Å². The Balaban J connectivity index is 2.00. The zero-order valence-corrected chi connectivity index (χ0v) is 10.5. The van der Waals surface area contributed by atoms with Gasteiger partial charge in [0.15, 0.2) is 6.29 Å². The van der Waals surface area contributed by atoms with Crippen LogP contribution in [0.2, 0.25) is 0 Å². The van der Waals surface area contributed by atoms with E-state index in [1.54, 1.807) is 0 Å². The molecule has 0 N–H and O–H groups in total. The van der Waals surface area contributed by atoms with Crippen LogP contribution in [-0.4, -0.2) is 19.0 Å². The van der Waals surface area contributed by atoms with Gasteiger partial charge in [-0.2, -0.15) is 0 Å². The van der Waals surface area contributed by atoms with E-state index in [1.807, 2.05) is 0 Å². The Kier molecular flexibility index (Phi) is 3.50. The van der Waals surface area contributed by atoms with Crippen LogP contribution in [0, 0.1) is 11.3 Å². The number of allylic oxidation sites excluding steroid dienone is 2. The summed E-state index contributed by atoms with van der Waals surface area (Å²) in [6.45, 7) is 7.29. The van der Waals surface area contributed by atoms with Crippen molar-refractivity contribution in [1.29, 1.82) is 0 Å². The quantitative estimate of drug-likeness (QED) is 0.667. The predicted octanol–water partition coefficient (Wildman–Crippen LogP) is 3.30. The maximum absolute atomic E-state index is 5.97. The average Bonchev–Trinajstić information content (AvgIpc) is 2.25. The van der Waals surface area contributed by atoms with E-state index in [2.05, 4.69) is 45.1 Å². The Bertz CT molecular complexity index is 279. The molecular weight excluding hydrogens is 200 g/mol. The lowest BCUT2D eigenvalue weighted by Gasteiger charge is -2.42. The number of rotatable bonds is 2. The van der Waals surface area contributed by atoms with Crippen LogP contribution in [-0.2, 0) is 9.47 Å². The standard InChI is InChI=1S/C14H22O2/c1-11(2)9-13-15-10-14(12(3)16-13)7-5-4-6-8-14/h5-8,11-13H,4,9-10H2,1-3H3/t12-,13+/m1/s1. The van der Waals surface area contributed by atoms with Gasteiger partial charge in [0.2, 0.25) is 0 Å². The summed E-state index contributed by atoms with van der Waals surface area (Å²) in [6, 6.07) is 0. The van der Waals surface area contributed by atoms with E-state index in [-0.39, 0.29) is 17.8 Å². The van der Waals surface area contributed by atoms with Crippen molar-refractivity contribution in [3.8, 4) is 0 Å². The van der Waals surface area contributed by atoms with Crippen molar-refractivity contribution >= 4 is 0 Å². The molecule has 2 rings (SSSR count). The van der Waals surface area contributed by atoms with Gasteiger partial charge in [-0.3, -0.25) is 0 Å². The largest absolute Gasteiger partial charge is 0.351 e. The molecule has 1 saturated heterocycles. The molecule has 0 aromatic carbocycles. The fraction of sp³-hybridized carbons (Fsp3) is 0.714. The summed E-state index contributed by atoms with van der Waals surface area (Å²) >= 11 is 0. The van der Waals surface area contributed by atoms with Crippen LogP contribution in [0.25, 0.3) is 0 Å². The molecule has 0 unspecified atom stereocenters. The van der Waals surface area contributed by atoms with Gasteiger partial charge in [-0.1, -0.05) is 38.2 Å². The van der Waals surface area contributed by atoms with Gasteiger partial charge in [-0.15, -0.1) is 0 Å². The molecule has 0 radical (unpaired) electrons. The van der Waals surface area contributed by atoms with Crippen molar-refractivity contribution in [3.63, 3.8) is 0 Å². The van der Waals surface area contributed by atoms with Crippen LogP contribution < -0.4 is 0 Å². The van der Waals surface area contributed by atoms with Crippen LogP contribution in [0.5, 0.6) is 0 Å². The molecule has 0 amide bonds. The monoisotopic (exact) mass is 222 g/mol. The number of ether oxygens (including phenoxy) is 2. The number of hydrogen-bond acceptors (Lipinski definition) is 2. The molecule has 90 valence electrons. The van der Waals surface area contributed by atoms with Crippen molar-refractivity contribution in [1.82, 2.24) is 0 Å². The molecule has 0 aromatic heterocycles. The predicted molar refractivity (Wildman–Crippen MR) is 65.1 cm³/mol. The second-order valence-electron chi connectivity index (χ2n) is 5.30. The van der Waals surface area contributed by atoms with Gasteiger partial charge in [0.05, 0.1) is 18.1 Å². The molecule has 0 saturated carbocycles. The highest BCUT2D eigenvalue weighted by Gasteiger charge is 2.39. The van der Waals surface area contributed by atoms with Gasteiger partial charge in [0.1, 0.15) is 0 Å².